The molecule has 0 atom stereocenters. The fourth-order valence-corrected chi connectivity index (χ4v) is 4.54. The Morgan fingerprint density at radius 3 is 2.69 bits per heavy atom. The summed E-state index contributed by atoms with van der Waals surface area (Å²) in [4.78, 5) is 18.3. The molecule has 0 radical (unpaired) electrons. The number of aromatic nitrogens is 1. The van der Waals surface area contributed by atoms with Crippen molar-refractivity contribution in [3.8, 4) is 5.69 Å². The number of amidine groups is 2. The van der Waals surface area contributed by atoms with Crippen LogP contribution >= 0.6 is 11.8 Å². The molecule has 2 aliphatic rings. The van der Waals surface area contributed by atoms with E-state index in [2.05, 4.69) is 39.9 Å². The van der Waals surface area contributed by atoms with Crippen molar-refractivity contribution in [1.29, 1.82) is 5.41 Å². The number of thioether (sulfide) groups is 1. The number of carbonyl (C=O) groups excluding carboxylic acids is 1. The van der Waals surface area contributed by atoms with Gasteiger partial charge in [-0.3, -0.25) is 15.1 Å². The normalized spacial score (nSPS) is 17.4. The van der Waals surface area contributed by atoms with Gasteiger partial charge in [-0.1, -0.05) is 42.1 Å². The molecule has 0 unspecified atom stereocenters. The molecule has 3 heterocycles. The Balaban J connectivity index is 1.59. The standard InChI is InChI=1S/C23H18N4OS/c1-14-11-18(13-20-21(24)26-9-10-29-23(26)25-22(20)28)15(2)27(14)19-8-7-16-5-3-4-6-17(16)12-19/h3-13,24H,1-2H3/b20-13+,24-21?. The molecule has 0 aliphatic carbocycles. The van der Waals surface area contributed by atoms with Gasteiger partial charge in [0, 0.05) is 23.3 Å². The minimum absolute atomic E-state index is 0.164. The molecule has 5 nitrogen and oxygen atoms in total. The summed E-state index contributed by atoms with van der Waals surface area (Å²) in [5, 5.41) is 13.2. The van der Waals surface area contributed by atoms with Crippen LogP contribution in [0.1, 0.15) is 17.0 Å². The highest BCUT2D eigenvalue weighted by molar-refractivity contribution is 8.16. The smallest absolute Gasteiger partial charge is 0.283 e. The van der Waals surface area contributed by atoms with Gasteiger partial charge in [-0.2, -0.15) is 4.99 Å². The lowest BCUT2D eigenvalue weighted by molar-refractivity contribution is -0.114. The zero-order valence-corrected chi connectivity index (χ0v) is 16.8. The number of amides is 1. The minimum atomic E-state index is -0.368. The maximum atomic E-state index is 12.5. The Labute approximate surface area is 172 Å². The highest BCUT2D eigenvalue weighted by Crippen LogP contribution is 2.29. The molecule has 2 aromatic carbocycles. The molecule has 0 saturated carbocycles. The van der Waals surface area contributed by atoms with Crippen molar-refractivity contribution in [1.82, 2.24) is 9.47 Å². The van der Waals surface area contributed by atoms with Crippen LogP contribution in [0.3, 0.4) is 0 Å². The molecule has 0 saturated heterocycles. The Morgan fingerprint density at radius 2 is 1.86 bits per heavy atom. The number of fused-ring (bicyclic) bond motifs is 2. The molecule has 3 aromatic rings. The van der Waals surface area contributed by atoms with Crippen LogP contribution in [0, 0.1) is 19.3 Å². The van der Waals surface area contributed by atoms with Crippen molar-refractivity contribution in [3.05, 3.63) is 82.7 Å². The number of nitrogens with zero attached hydrogens (tertiary/aromatic N) is 3. The van der Waals surface area contributed by atoms with Crippen LogP contribution < -0.4 is 0 Å². The number of hydrogen-bond acceptors (Lipinski definition) is 3. The summed E-state index contributed by atoms with van der Waals surface area (Å²) in [6.07, 6.45) is 3.55. The van der Waals surface area contributed by atoms with Crippen molar-refractivity contribution in [2.24, 2.45) is 4.99 Å². The molecule has 2 aliphatic heterocycles. The van der Waals surface area contributed by atoms with E-state index in [1.165, 1.54) is 22.5 Å². The first-order chi connectivity index (χ1) is 14.0. The van der Waals surface area contributed by atoms with E-state index in [1.807, 2.05) is 37.5 Å². The van der Waals surface area contributed by atoms with Crippen molar-refractivity contribution >= 4 is 45.5 Å². The van der Waals surface area contributed by atoms with E-state index in [9.17, 15) is 4.79 Å². The number of aryl methyl sites for hydroxylation is 1. The Kier molecular flexibility index (Phi) is 4.03. The van der Waals surface area contributed by atoms with Crippen LogP contribution in [-0.4, -0.2) is 26.4 Å². The Morgan fingerprint density at radius 1 is 1.07 bits per heavy atom. The van der Waals surface area contributed by atoms with Gasteiger partial charge in [0.25, 0.3) is 5.91 Å². The average molecular weight is 398 g/mol. The maximum Gasteiger partial charge on any atom is 0.283 e. The second kappa shape index (κ2) is 6.60. The van der Waals surface area contributed by atoms with E-state index in [-0.39, 0.29) is 11.7 Å². The largest absolute Gasteiger partial charge is 0.318 e. The fraction of sp³-hybridized carbons (Fsp3) is 0.0870. The van der Waals surface area contributed by atoms with Crippen molar-refractivity contribution < 1.29 is 4.79 Å². The van der Waals surface area contributed by atoms with Crippen LogP contribution in [0.4, 0.5) is 0 Å². The highest BCUT2D eigenvalue weighted by Gasteiger charge is 2.31. The Hall–Kier alpha value is -3.38. The average Bonchev–Trinajstić information content (AvgIpc) is 3.29. The molecular weight excluding hydrogens is 380 g/mol. The summed E-state index contributed by atoms with van der Waals surface area (Å²) in [5.74, 6) is -0.204. The molecular formula is C23H18N4OS. The van der Waals surface area contributed by atoms with Gasteiger partial charge in [-0.05, 0) is 59.9 Å². The SMILES string of the molecule is Cc1cc(/C=C2\C(=N)N3C=CSC3=NC2=O)c(C)n1-c1ccc2ccccc2c1. The van der Waals surface area contributed by atoms with Gasteiger partial charge in [0.2, 0.25) is 0 Å². The fourth-order valence-electron chi connectivity index (χ4n) is 3.83. The first-order valence-corrected chi connectivity index (χ1v) is 10.2. The second-order valence-corrected chi connectivity index (χ2v) is 7.95. The van der Waals surface area contributed by atoms with Gasteiger partial charge in [0.1, 0.15) is 5.84 Å². The molecule has 142 valence electrons. The van der Waals surface area contributed by atoms with Gasteiger partial charge in [-0.15, -0.1) is 0 Å². The lowest BCUT2D eigenvalue weighted by atomic mass is 10.1. The lowest BCUT2D eigenvalue weighted by Gasteiger charge is -2.22. The van der Waals surface area contributed by atoms with Crippen LogP contribution in [-0.2, 0) is 4.79 Å². The third-order valence-corrected chi connectivity index (χ3v) is 6.03. The summed E-state index contributed by atoms with van der Waals surface area (Å²) in [5.41, 5.74) is 4.39. The van der Waals surface area contributed by atoms with Gasteiger partial charge in [0.05, 0.1) is 5.57 Å². The van der Waals surface area contributed by atoms with Crippen LogP contribution in [0.25, 0.3) is 22.5 Å². The molecule has 1 aromatic heterocycles. The van der Waals surface area contributed by atoms with Gasteiger partial charge in [-0.25, -0.2) is 0 Å². The highest BCUT2D eigenvalue weighted by atomic mass is 32.2. The third kappa shape index (κ3) is 2.84. The number of rotatable bonds is 2. The van der Waals surface area contributed by atoms with Crippen LogP contribution in [0.5, 0.6) is 0 Å². The quantitative estimate of drug-likeness (QED) is 0.616. The summed E-state index contributed by atoms with van der Waals surface area (Å²) in [6.45, 7) is 4.08. The maximum absolute atomic E-state index is 12.5. The minimum Gasteiger partial charge on any atom is -0.318 e. The molecule has 0 spiro atoms. The molecule has 6 heteroatoms. The first-order valence-electron chi connectivity index (χ1n) is 9.27. The zero-order valence-electron chi connectivity index (χ0n) is 16.0. The molecule has 29 heavy (non-hydrogen) atoms. The van der Waals surface area contributed by atoms with Crippen LogP contribution in [0.2, 0.25) is 0 Å². The summed E-state index contributed by atoms with van der Waals surface area (Å²) < 4.78 is 2.18. The first kappa shape index (κ1) is 17.7. The molecule has 5 rings (SSSR count). The summed E-state index contributed by atoms with van der Waals surface area (Å²) in [6, 6.07) is 16.7. The molecule has 0 fully saturated rings. The van der Waals surface area contributed by atoms with Crippen LogP contribution in [0.15, 0.2) is 70.7 Å². The van der Waals surface area contributed by atoms with E-state index in [4.69, 9.17) is 5.41 Å². The van der Waals surface area contributed by atoms with E-state index < -0.39 is 0 Å². The third-order valence-electron chi connectivity index (χ3n) is 5.27. The van der Waals surface area contributed by atoms with Gasteiger partial charge in [0.15, 0.2) is 5.17 Å². The van der Waals surface area contributed by atoms with Crippen molar-refractivity contribution in [3.63, 3.8) is 0 Å². The Bertz CT molecular complexity index is 1300. The van der Waals surface area contributed by atoms with E-state index in [0.717, 1.165) is 22.6 Å². The number of hydrogen-bond donors (Lipinski definition) is 1. The van der Waals surface area contributed by atoms with E-state index >= 15 is 0 Å². The van der Waals surface area contributed by atoms with E-state index in [1.54, 1.807) is 17.2 Å². The molecule has 1 N–H and O–H groups in total. The van der Waals surface area contributed by atoms with Gasteiger partial charge >= 0.3 is 0 Å². The van der Waals surface area contributed by atoms with Crippen molar-refractivity contribution in [2.75, 3.05) is 0 Å². The number of aliphatic imine (C=N–C) groups is 1. The van der Waals surface area contributed by atoms with E-state index in [0.29, 0.717) is 10.7 Å². The summed E-state index contributed by atoms with van der Waals surface area (Å²) in [7, 11) is 0. The predicted octanol–water partition coefficient (Wildman–Crippen LogP) is 5.02. The second-order valence-electron chi connectivity index (χ2n) is 7.07. The number of benzene rings is 2. The monoisotopic (exact) mass is 398 g/mol. The predicted molar refractivity (Wildman–Crippen MR) is 119 cm³/mol. The topological polar surface area (TPSA) is 61.5 Å². The summed E-state index contributed by atoms with van der Waals surface area (Å²) >= 11 is 1.35. The number of carbonyl (C=O) groups is 1. The van der Waals surface area contributed by atoms with Gasteiger partial charge < -0.3 is 4.57 Å². The molecule has 1 amide bonds. The lowest BCUT2D eigenvalue weighted by Crippen LogP contribution is -2.35. The van der Waals surface area contributed by atoms with Crippen molar-refractivity contribution in [2.45, 2.75) is 13.8 Å². The molecule has 0 bridgehead atoms. The number of nitrogens with one attached hydrogen (secondary N) is 1. The zero-order chi connectivity index (χ0) is 20.1.